The van der Waals surface area contributed by atoms with Crippen molar-refractivity contribution >= 4 is 0 Å². The van der Waals surface area contributed by atoms with Gasteiger partial charge in [0, 0.05) is 7.11 Å². The summed E-state index contributed by atoms with van der Waals surface area (Å²) >= 11 is 0. The van der Waals surface area contributed by atoms with Gasteiger partial charge in [0.2, 0.25) is 0 Å². The zero-order valence-electron chi connectivity index (χ0n) is 11.4. The van der Waals surface area contributed by atoms with Crippen LogP contribution in [-0.4, -0.2) is 37.6 Å². The minimum absolute atomic E-state index is 0.108. The number of hydrogen-bond donors (Lipinski definition) is 1. The van der Waals surface area contributed by atoms with E-state index in [1.54, 1.807) is 7.11 Å². The van der Waals surface area contributed by atoms with E-state index in [9.17, 15) is 0 Å². The number of aliphatic hydroxyl groups excluding tert-OH is 1. The van der Waals surface area contributed by atoms with Gasteiger partial charge in [-0.15, -0.1) is 0 Å². The fourth-order valence-corrected chi connectivity index (χ4v) is 0.785. The molecule has 0 aromatic rings. The van der Waals surface area contributed by atoms with Crippen LogP contribution < -0.4 is 0 Å². The molecule has 94 valence electrons. The van der Waals surface area contributed by atoms with Crippen molar-refractivity contribution in [2.75, 3.05) is 26.9 Å². The van der Waals surface area contributed by atoms with E-state index in [2.05, 4.69) is 20.8 Å². The van der Waals surface area contributed by atoms with Gasteiger partial charge in [0.05, 0.1) is 25.4 Å². The predicted octanol–water partition coefficient (Wildman–Crippen LogP) is 2.47. The standard InChI is InChI=1S/C6H14O2.C6H14O/c1-6(2,3)8-5-4-7;1-6(2,3)5-7-4/h7H,4-5H2,1-3H3;5H2,1-4H3. The summed E-state index contributed by atoms with van der Waals surface area (Å²) in [6.45, 7) is 13.7. The Morgan fingerprint density at radius 1 is 1.00 bits per heavy atom. The smallest absolute Gasteiger partial charge is 0.0704 e. The molecule has 0 heterocycles. The molecule has 0 bridgehead atoms. The summed E-state index contributed by atoms with van der Waals surface area (Å²) < 4.78 is 10.0. The first-order valence-electron chi connectivity index (χ1n) is 5.36. The van der Waals surface area contributed by atoms with Gasteiger partial charge in [-0.3, -0.25) is 0 Å². The summed E-state index contributed by atoms with van der Waals surface area (Å²) in [5.41, 5.74) is 0.220. The van der Waals surface area contributed by atoms with Crippen LogP contribution in [0.15, 0.2) is 0 Å². The van der Waals surface area contributed by atoms with E-state index in [0.29, 0.717) is 12.0 Å². The molecule has 0 unspecified atom stereocenters. The maximum Gasteiger partial charge on any atom is 0.0704 e. The highest BCUT2D eigenvalue weighted by Crippen LogP contribution is 2.11. The fraction of sp³-hybridized carbons (Fsp3) is 1.00. The van der Waals surface area contributed by atoms with Crippen LogP contribution in [0.3, 0.4) is 0 Å². The number of hydrogen-bond acceptors (Lipinski definition) is 3. The summed E-state index contributed by atoms with van der Waals surface area (Å²) in [5.74, 6) is 0. The molecule has 15 heavy (non-hydrogen) atoms. The first-order chi connectivity index (χ1) is 6.62. The number of methoxy groups -OCH3 is 1. The molecule has 0 fully saturated rings. The van der Waals surface area contributed by atoms with E-state index in [1.807, 2.05) is 20.8 Å². The average molecular weight is 220 g/mol. The molecule has 0 saturated heterocycles. The van der Waals surface area contributed by atoms with E-state index in [4.69, 9.17) is 14.6 Å². The van der Waals surface area contributed by atoms with Gasteiger partial charge in [0.25, 0.3) is 0 Å². The molecule has 0 atom stereocenters. The van der Waals surface area contributed by atoms with E-state index in [0.717, 1.165) is 6.61 Å². The number of aliphatic hydroxyl groups is 1. The highest BCUT2D eigenvalue weighted by Gasteiger charge is 2.08. The number of ether oxygens (including phenoxy) is 2. The Balaban J connectivity index is 0. The monoisotopic (exact) mass is 220 g/mol. The topological polar surface area (TPSA) is 38.7 Å². The van der Waals surface area contributed by atoms with Gasteiger partial charge in [-0.1, -0.05) is 20.8 Å². The van der Waals surface area contributed by atoms with Crippen molar-refractivity contribution in [2.24, 2.45) is 5.41 Å². The van der Waals surface area contributed by atoms with Crippen molar-refractivity contribution in [1.82, 2.24) is 0 Å². The second kappa shape index (κ2) is 8.08. The third kappa shape index (κ3) is 24.8. The van der Waals surface area contributed by atoms with Crippen molar-refractivity contribution in [3.63, 3.8) is 0 Å². The first-order valence-corrected chi connectivity index (χ1v) is 5.36. The second-order valence-corrected chi connectivity index (χ2v) is 5.68. The van der Waals surface area contributed by atoms with E-state index in [1.165, 1.54) is 0 Å². The normalized spacial score (nSPS) is 12.0. The molecule has 0 spiro atoms. The molecule has 0 amide bonds. The maximum atomic E-state index is 8.30. The zero-order chi connectivity index (χ0) is 12.5. The summed E-state index contributed by atoms with van der Waals surface area (Å²) in [6, 6.07) is 0. The Hall–Kier alpha value is -0.120. The van der Waals surface area contributed by atoms with Gasteiger partial charge in [0.15, 0.2) is 0 Å². The van der Waals surface area contributed by atoms with Crippen LogP contribution in [0.1, 0.15) is 41.5 Å². The van der Waals surface area contributed by atoms with Gasteiger partial charge >= 0.3 is 0 Å². The van der Waals surface area contributed by atoms with Crippen LogP contribution in [-0.2, 0) is 9.47 Å². The molecule has 3 nitrogen and oxygen atoms in total. The van der Waals surface area contributed by atoms with Crippen molar-refractivity contribution in [1.29, 1.82) is 0 Å². The van der Waals surface area contributed by atoms with Gasteiger partial charge in [0.1, 0.15) is 0 Å². The Kier molecular flexibility index (Phi) is 9.31. The van der Waals surface area contributed by atoms with Crippen LogP contribution in [0.25, 0.3) is 0 Å². The molecule has 0 aliphatic rings. The van der Waals surface area contributed by atoms with Crippen molar-refractivity contribution in [2.45, 2.75) is 47.1 Å². The third-order valence-electron chi connectivity index (χ3n) is 1.20. The lowest BCUT2D eigenvalue weighted by Crippen LogP contribution is -2.20. The molecule has 0 aliphatic carbocycles. The van der Waals surface area contributed by atoms with Crippen molar-refractivity contribution in [3.8, 4) is 0 Å². The predicted molar refractivity (Wildman–Crippen MR) is 64.1 cm³/mol. The quantitative estimate of drug-likeness (QED) is 0.794. The highest BCUT2D eigenvalue weighted by atomic mass is 16.5. The minimum Gasteiger partial charge on any atom is -0.394 e. The second-order valence-electron chi connectivity index (χ2n) is 5.68. The Morgan fingerprint density at radius 2 is 1.47 bits per heavy atom. The number of rotatable bonds is 3. The Morgan fingerprint density at radius 3 is 1.53 bits per heavy atom. The van der Waals surface area contributed by atoms with E-state index >= 15 is 0 Å². The average Bonchev–Trinajstić information content (AvgIpc) is 1.98. The van der Waals surface area contributed by atoms with Crippen molar-refractivity contribution < 1.29 is 14.6 Å². The zero-order valence-corrected chi connectivity index (χ0v) is 11.4. The summed E-state index contributed by atoms with van der Waals surface area (Å²) in [7, 11) is 1.73. The van der Waals surface area contributed by atoms with Crippen LogP contribution in [0, 0.1) is 5.41 Å². The van der Waals surface area contributed by atoms with Crippen LogP contribution in [0.2, 0.25) is 0 Å². The lowest BCUT2D eigenvalue weighted by molar-refractivity contribution is -0.0199. The Bertz CT molecular complexity index is 131. The molecule has 0 aromatic heterocycles. The highest BCUT2D eigenvalue weighted by molar-refractivity contribution is 4.57. The summed E-state index contributed by atoms with van der Waals surface area (Å²) in [6.07, 6.45) is 0. The molecule has 0 saturated carbocycles. The van der Waals surface area contributed by atoms with Crippen LogP contribution >= 0.6 is 0 Å². The SMILES string of the molecule is CC(C)(C)OCCO.COCC(C)(C)C. The molecule has 3 heteroatoms. The maximum absolute atomic E-state index is 8.30. The molecule has 0 rings (SSSR count). The molecule has 1 N–H and O–H groups in total. The van der Waals surface area contributed by atoms with E-state index in [-0.39, 0.29) is 12.2 Å². The van der Waals surface area contributed by atoms with Gasteiger partial charge < -0.3 is 14.6 Å². The minimum atomic E-state index is -0.108. The van der Waals surface area contributed by atoms with Crippen molar-refractivity contribution in [3.05, 3.63) is 0 Å². The molecular weight excluding hydrogens is 192 g/mol. The molecular formula is C12H28O3. The van der Waals surface area contributed by atoms with Gasteiger partial charge in [-0.05, 0) is 26.2 Å². The van der Waals surface area contributed by atoms with Gasteiger partial charge in [-0.25, -0.2) is 0 Å². The summed E-state index contributed by atoms with van der Waals surface area (Å²) in [5, 5.41) is 8.30. The largest absolute Gasteiger partial charge is 0.394 e. The summed E-state index contributed by atoms with van der Waals surface area (Å²) in [4.78, 5) is 0. The third-order valence-corrected chi connectivity index (χ3v) is 1.20. The molecule has 0 aliphatic heterocycles. The Labute approximate surface area is 94.8 Å². The fourth-order valence-electron chi connectivity index (χ4n) is 0.785. The lowest BCUT2D eigenvalue weighted by Gasteiger charge is -2.18. The van der Waals surface area contributed by atoms with Gasteiger partial charge in [-0.2, -0.15) is 0 Å². The first kappa shape index (κ1) is 17.3. The van der Waals surface area contributed by atoms with Crippen LogP contribution in [0.5, 0.6) is 0 Å². The molecule has 0 radical (unpaired) electrons. The molecule has 0 aromatic carbocycles. The van der Waals surface area contributed by atoms with Crippen LogP contribution in [0.4, 0.5) is 0 Å². The lowest BCUT2D eigenvalue weighted by atomic mass is 9.99. The van der Waals surface area contributed by atoms with E-state index < -0.39 is 0 Å².